The lowest BCUT2D eigenvalue weighted by molar-refractivity contribution is 0.152. The molecule has 0 saturated carbocycles. The SMILES string of the molecule is CC(C)CC(O)CNS(=O)(=O)c1ccn[nH]1. The van der Waals surface area contributed by atoms with E-state index in [1.54, 1.807) is 0 Å². The van der Waals surface area contributed by atoms with E-state index in [4.69, 9.17) is 0 Å². The Morgan fingerprint density at radius 2 is 2.25 bits per heavy atom. The summed E-state index contributed by atoms with van der Waals surface area (Å²) in [5, 5.41) is 15.4. The number of nitrogens with zero attached hydrogens (tertiary/aromatic N) is 1. The fourth-order valence-electron chi connectivity index (χ4n) is 1.30. The van der Waals surface area contributed by atoms with E-state index in [-0.39, 0.29) is 11.6 Å². The molecular weight excluding hydrogens is 230 g/mol. The van der Waals surface area contributed by atoms with Gasteiger partial charge < -0.3 is 5.11 Å². The first-order valence-corrected chi connectivity index (χ1v) is 6.57. The molecule has 0 aliphatic carbocycles. The van der Waals surface area contributed by atoms with Crippen LogP contribution in [0.3, 0.4) is 0 Å². The Morgan fingerprint density at radius 1 is 1.56 bits per heavy atom. The van der Waals surface area contributed by atoms with Crippen molar-refractivity contribution in [2.45, 2.75) is 31.4 Å². The molecule has 0 spiro atoms. The number of aromatic nitrogens is 2. The highest BCUT2D eigenvalue weighted by atomic mass is 32.2. The van der Waals surface area contributed by atoms with Crippen LogP contribution in [0, 0.1) is 5.92 Å². The first kappa shape index (κ1) is 13.1. The van der Waals surface area contributed by atoms with Gasteiger partial charge in [-0.3, -0.25) is 5.10 Å². The number of aliphatic hydroxyl groups excluding tert-OH is 1. The zero-order valence-corrected chi connectivity index (χ0v) is 10.2. The molecule has 1 unspecified atom stereocenters. The predicted molar refractivity (Wildman–Crippen MR) is 59.2 cm³/mol. The van der Waals surface area contributed by atoms with Gasteiger partial charge in [-0.25, -0.2) is 13.1 Å². The molecule has 1 heterocycles. The number of sulfonamides is 1. The maximum Gasteiger partial charge on any atom is 0.257 e. The summed E-state index contributed by atoms with van der Waals surface area (Å²) in [5.41, 5.74) is 0. The summed E-state index contributed by atoms with van der Waals surface area (Å²) >= 11 is 0. The topological polar surface area (TPSA) is 95.1 Å². The average molecular weight is 247 g/mol. The molecule has 1 atom stereocenters. The molecule has 0 amide bonds. The Kier molecular flexibility index (Phi) is 4.45. The third-order valence-electron chi connectivity index (χ3n) is 2.02. The Balaban J connectivity index is 2.49. The Labute approximate surface area is 95.1 Å². The fraction of sp³-hybridized carbons (Fsp3) is 0.667. The second kappa shape index (κ2) is 5.42. The summed E-state index contributed by atoms with van der Waals surface area (Å²) in [5.74, 6) is 0.326. The second-order valence-electron chi connectivity index (χ2n) is 4.06. The van der Waals surface area contributed by atoms with Gasteiger partial charge in [0.1, 0.15) is 0 Å². The van der Waals surface area contributed by atoms with E-state index in [1.165, 1.54) is 12.3 Å². The summed E-state index contributed by atoms with van der Waals surface area (Å²) in [7, 11) is -3.58. The smallest absolute Gasteiger partial charge is 0.257 e. The van der Waals surface area contributed by atoms with Gasteiger partial charge in [0.15, 0.2) is 5.03 Å². The first-order valence-electron chi connectivity index (χ1n) is 5.09. The molecule has 1 aromatic heterocycles. The fourth-order valence-corrected chi connectivity index (χ4v) is 2.28. The molecule has 0 fully saturated rings. The molecule has 1 rings (SSSR count). The number of hydrogen-bond donors (Lipinski definition) is 3. The van der Waals surface area contributed by atoms with Gasteiger partial charge in [-0.1, -0.05) is 13.8 Å². The summed E-state index contributed by atoms with van der Waals surface area (Å²) in [6, 6.07) is 1.36. The van der Waals surface area contributed by atoms with Gasteiger partial charge >= 0.3 is 0 Å². The molecule has 0 aromatic carbocycles. The number of hydrogen-bond acceptors (Lipinski definition) is 4. The Hall–Kier alpha value is -0.920. The number of H-pyrrole nitrogens is 1. The normalized spacial score (nSPS) is 14.2. The molecule has 16 heavy (non-hydrogen) atoms. The summed E-state index contributed by atoms with van der Waals surface area (Å²) in [6.45, 7) is 3.94. The number of nitrogens with one attached hydrogen (secondary N) is 2. The summed E-state index contributed by atoms with van der Waals surface area (Å²) < 4.78 is 25.5. The molecule has 6 nitrogen and oxygen atoms in total. The number of aromatic amines is 1. The first-order chi connectivity index (χ1) is 7.42. The third-order valence-corrected chi connectivity index (χ3v) is 3.37. The maximum atomic E-state index is 11.6. The van der Waals surface area contributed by atoms with Crippen molar-refractivity contribution in [3.05, 3.63) is 12.3 Å². The molecule has 0 aliphatic rings. The summed E-state index contributed by atoms with van der Waals surface area (Å²) in [4.78, 5) is 0. The largest absolute Gasteiger partial charge is 0.392 e. The van der Waals surface area contributed by atoms with Crippen molar-refractivity contribution in [1.82, 2.24) is 14.9 Å². The van der Waals surface area contributed by atoms with Gasteiger partial charge in [-0.15, -0.1) is 0 Å². The monoisotopic (exact) mass is 247 g/mol. The molecular formula is C9H17N3O3S. The van der Waals surface area contributed by atoms with Crippen molar-refractivity contribution < 1.29 is 13.5 Å². The van der Waals surface area contributed by atoms with Crippen LogP contribution in [0.15, 0.2) is 17.3 Å². The summed E-state index contributed by atoms with van der Waals surface area (Å²) in [6.07, 6.45) is 1.25. The van der Waals surface area contributed by atoms with Crippen LogP contribution in [0.5, 0.6) is 0 Å². The van der Waals surface area contributed by atoms with Crippen LogP contribution < -0.4 is 4.72 Å². The third kappa shape index (κ3) is 3.92. The zero-order chi connectivity index (χ0) is 12.2. The van der Waals surface area contributed by atoms with Crippen LogP contribution in [0.4, 0.5) is 0 Å². The number of rotatable bonds is 6. The molecule has 7 heteroatoms. The van der Waals surface area contributed by atoms with E-state index >= 15 is 0 Å². The van der Waals surface area contributed by atoms with Crippen LogP contribution in [-0.4, -0.2) is 36.4 Å². The Morgan fingerprint density at radius 3 is 2.75 bits per heavy atom. The molecule has 0 radical (unpaired) electrons. The predicted octanol–water partition coefficient (Wildman–Crippen LogP) is 0.0950. The van der Waals surface area contributed by atoms with Crippen molar-refractivity contribution >= 4 is 10.0 Å². The van der Waals surface area contributed by atoms with E-state index in [2.05, 4.69) is 14.9 Å². The van der Waals surface area contributed by atoms with Crippen LogP contribution in [-0.2, 0) is 10.0 Å². The van der Waals surface area contributed by atoms with Gasteiger partial charge in [-0.2, -0.15) is 5.10 Å². The lowest BCUT2D eigenvalue weighted by atomic mass is 10.1. The Bertz CT molecular complexity index is 400. The maximum absolute atomic E-state index is 11.6. The van der Waals surface area contributed by atoms with Gasteiger partial charge in [0.2, 0.25) is 0 Å². The highest BCUT2D eigenvalue weighted by molar-refractivity contribution is 7.89. The molecule has 0 bridgehead atoms. The highest BCUT2D eigenvalue weighted by Crippen LogP contribution is 2.06. The standard InChI is InChI=1S/C9H17N3O3S/c1-7(2)5-8(13)6-11-16(14,15)9-3-4-10-12-9/h3-4,7-8,11,13H,5-6H2,1-2H3,(H,10,12). The van der Waals surface area contributed by atoms with E-state index in [0.29, 0.717) is 12.3 Å². The van der Waals surface area contributed by atoms with Crippen molar-refractivity contribution in [2.24, 2.45) is 5.92 Å². The van der Waals surface area contributed by atoms with Gasteiger partial charge in [0.05, 0.1) is 12.3 Å². The van der Waals surface area contributed by atoms with Crippen molar-refractivity contribution in [3.8, 4) is 0 Å². The van der Waals surface area contributed by atoms with Crippen LogP contribution in [0.25, 0.3) is 0 Å². The molecule has 3 N–H and O–H groups in total. The van der Waals surface area contributed by atoms with E-state index in [0.717, 1.165) is 0 Å². The minimum absolute atomic E-state index is 0.00393. The van der Waals surface area contributed by atoms with Crippen molar-refractivity contribution in [3.63, 3.8) is 0 Å². The number of aliphatic hydroxyl groups is 1. The quantitative estimate of drug-likeness (QED) is 0.664. The van der Waals surface area contributed by atoms with Crippen molar-refractivity contribution in [2.75, 3.05) is 6.54 Å². The van der Waals surface area contributed by atoms with Crippen molar-refractivity contribution in [1.29, 1.82) is 0 Å². The van der Waals surface area contributed by atoms with Crippen LogP contribution in [0.2, 0.25) is 0 Å². The molecule has 0 aliphatic heterocycles. The molecule has 0 saturated heterocycles. The van der Waals surface area contributed by atoms with Gasteiger partial charge in [-0.05, 0) is 18.4 Å². The van der Waals surface area contributed by atoms with E-state index in [1.807, 2.05) is 13.8 Å². The zero-order valence-electron chi connectivity index (χ0n) is 9.34. The van der Waals surface area contributed by atoms with Gasteiger partial charge in [0, 0.05) is 6.54 Å². The lowest BCUT2D eigenvalue weighted by Gasteiger charge is -2.13. The van der Waals surface area contributed by atoms with E-state index < -0.39 is 16.1 Å². The van der Waals surface area contributed by atoms with Crippen LogP contribution >= 0.6 is 0 Å². The molecule has 92 valence electrons. The lowest BCUT2D eigenvalue weighted by Crippen LogP contribution is -2.33. The minimum atomic E-state index is -3.58. The molecule has 1 aromatic rings. The minimum Gasteiger partial charge on any atom is -0.392 e. The van der Waals surface area contributed by atoms with Gasteiger partial charge in [0.25, 0.3) is 10.0 Å². The van der Waals surface area contributed by atoms with E-state index in [9.17, 15) is 13.5 Å². The average Bonchev–Trinajstić information content (AvgIpc) is 2.67. The highest BCUT2D eigenvalue weighted by Gasteiger charge is 2.17. The van der Waals surface area contributed by atoms with Crippen LogP contribution in [0.1, 0.15) is 20.3 Å². The second-order valence-corrected chi connectivity index (χ2v) is 5.79.